The van der Waals surface area contributed by atoms with Crippen molar-refractivity contribution >= 4 is 5.91 Å². The molecule has 4 nitrogen and oxygen atoms in total. The average molecular weight is 225 g/mol. The monoisotopic (exact) mass is 225 g/mol. The molecule has 1 amide bonds. The van der Waals surface area contributed by atoms with E-state index in [1.54, 1.807) is 0 Å². The van der Waals surface area contributed by atoms with E-state index in [0.29, 0.717) is 6.04 Å². The van der Waals surface area contributed by atoms with Gasteiger partial charge in [-0.15, -0.1) is 0 Å². The number of likely N-dealkylation sites (tertiary alicyclic amines) is 1. The number of carbonyl (C=O) groups is 1. The molecule has 3 N–H and O–H groups in total. The fourth-order valence-corrected chi connectivity index (χ4v) is 2.79. The zero-order valence-corrected chi connectivity index (χ0v) is 10.2. The standard InChI is InChI=1S/C12H23N3O/c1-15-8-5-10(9-15)14-11(16)12(13)6-3-2-4-7-12/h10H,2-9,13H2,1H3,(H,14,16). The molecule has 1 heterocycles. The van der Waals surface area contributed by atoms with Gasteiger partial charge in [0.05, 0.1) is 5.54 Å². The molecule has 1 saturated heterocycles. The molecule has 4 heteroatoms. The van der Waals surface area contributed by atoms with Crippen molar-refractivity contribution in [1.29, 1.82) is 0 Å². The molecule has 1 aliphatic heterocycles. The van der Waals surface area contributed by atoms with E-state index < -0.39 is 5.54 Å². The predicted molar refractivity (Wildman–Crippen MR) is 64.0 cm³/mol. The maximum absolute atomic E-state index is 12.1. The van der Waals surface area contributed by atoms with Crippen LogP contribution in [-0.4, -0.2) is 42.5 Å². The zero-order chi connectivity index (χ0) is 11.6. The Morgan fingerprint density at radius 3 is 2.62 bits per heavy atom. The first-order chi connectivity index (χ1) is 7.60. The average Bonchev–Trinajstić information content (AvgIpc) is 2.65. The Labute approximate surface area is 97.6 Å². The molecular formula is C12H23N3O. The van der Waals surface area contributed by atoms with Crippen LogP contribution in [-0.2, 0) is 4.79 Å². The van der Waals surface area contributed by atoms with Crippen molar-refractivity contribution in [2.75, 3.05) is 20.1 Å². The molecule has 0 aromatic rings. The second kappa shape index (κ2) is 4.72. The van der Waals surface area contributed by atoms with E-state index in [-0.39, 0.29) is 5.91 Å². The minimum Gasteiger partial charge on any atom is -0.350 e. The first-order valence-electron chi connectivity index (χ1n) is 6.38. The Morgan fingerprint density at radius 2 is 2.06 bits per heavy atom. The van der Waals surface area contributed by atoms with Crippen LogP contribution in [0.3, 0.4) is 0 Å². The molecule has 0 aromatic carbocycles. The Bertz CT molecular complexity index is 261. The second-order valence-electron chi connectivity index (χ2n) is 5.44. The van der Waals surface area contributed by atoms with Crippen LogP contribution in [0.2, 0.25) is 0 Å². The fraction of sp³-hybridized carbons (Fsp3) is 0.917. The van der Waals surface area contributed by atoms with Crippen LogP contribution in [0.1, 0.15) is 38.5 Å². The number of nitrogens with zero attached hydrogens (tertiary/aromatic N) is 1. The summed E-state index contributed by atoms with van der Waals surface area (Å²) in [6.45, 7) is 2.03. The van der Waals surface area contributed by atoms with Crippen LogP contribution in [0.4, 0.5) is 0 Å². The van der Waals surface area contributed by atoms with Gasteiger partial charge < -0.3 is 16.0 Å². The molecule has 2 aliphatic rings. The van der Waals surface area contributed by atoms with Crippen molar-refractivity contribution in [1.82, 2.24) is 10.2 Å². The summed E-state index contributed by atoms with van der Waals surface area (Å²) in [6.07, 6.45) is 6.16. The summed E-state index contributed by atoms with van der Waals surface area (Å²) < 4.78 is 0. The normalized spacial score (nSPS) is 30.2. The van der Waals surface area contributed by atoms with Gasteiger partial charge >= 0.3 is 0 Å². The maximum Gasteiger partial charge on any atom is 0.240 e. The molecule has 1 atom stereocenters. The van der Waals surface area contributed by atoms with Gasteiger partial charge in [-0.1, -0.05) is 19.3 Å². The molecule has 1 unspecified atom stereocenters. The minimum absolute atomic E-state index is 0.0764. The molecule has 1 aliphatic carbocycles. The summed E-state index contributed by atoms with van der Waals surface area (Å²) in [5, 5.41) is 3.11. The van der Waals surface area contributed by atoms with E-state index in [2.05, 4.69) is 17.3 Å². The van der Waals surface area contributed by atoms with E-state index in [4.69, 9.17) is 5.73 Å². The number of carbonyl (C=O) groups excluding carboxylic acids is 1. The van der Waals surface area contributed by atoms with Crippen LogP contribution < -0.4 is 11.1 Å². The number of hydrogen-bond donors (Lipinski definition) is 2. The molecule has 16 heavy (non-hydrogen) atoms. The van der Waals surface area contributed by atoms with Crippen LogP contribution in [0, 0.1) is 0 Å². The third kappa shape index (κ3) is 2.55. The molecule has 2 fully saturated rings. The van der Waals surface area contributed by atoms with E-state index in [9.17, 15) is 4.79 Å². The van der Waals surface area contributed by atoms with Crippen molar-refractivity contribution in [3.8, 4) is 0 Å². The van der Waals surface area contributed by atoms with Crippen molar-refractivity contribution in [3.05, 3.63) is 0 Å². The van der Waals surface area contributed by atoms with Gasteiger partial charge in [0.25, 0.3) is 0 Å². The van der Waals surface area contributed by atoms with Crippen molar-refractivity contribution < 1.29 is 4.79 Å². The molecule has 0 spiro atoms. The summed E-state index contributed by atoms with van der Waals surface area (Å²) in [7, 11) is 2.09. The quantitative estimate of drug-likeness (QED) is 0.718. The number of nitrogens with two attached hydrogens (primary N) is 1. The van der Waals surface area contributed by atoms with Gasteiger partial charge in [0.1, 0.15) is 0 Å². The summed E-state index contributed by atoms with van der Waals surface area (Å²) in [4.78, 5) is 14.4. The van der Waals surface area contributed by atoms with Crippen LogP contribution >= 0.6 is 0 Å². The van der Waals surface area contributed by atoms with Gasteiger partial charge in [0.15, 0.2) is 0 Å². The number of likely N-dealkylation sites (N-methyl/N-ethyl adjacent to an activating group) is 1. The third-order valence-electron chi connectivity index (χ3n) is 3.92. The van der Waals surface area contributed by atoms with E-state index in [1.807, 2.05) is 0 Å². The fourth-order valence-electron chi connectivity index (χ4n) is 2.79. The maximum atomic E-state index is 12.1. The SMILES string of the molecule is CN1CCC(NC(=O)C2(N)CCCCC2)C1. The Morgan fingerprint density at radius 1 is 1.38 bits per heavy atom. The van der Waals surface area contributed by atoms with Gasteiger partial charge in [0.2, 0.25) is 5.91 Å². The summed E-state index contributed by atoms with van der Waals surface area (Å²) in [5.41, 5.74) is 5.61. The third-order valence-corrected chi connectivity index (χ3v) is 3.92. The first kappa shape index (κ1) is 11.9. The van der Waals surface area contributed by atoms with E-state index in [0.717, 1.165) is 45.2 Å². The highest BCUT2D eigenvalue weighted by Crippen LogP contribution is 2.26. The molecule has 0 aromatic heterocycles. The summed E-state index contributed by atoms with van der Waals surface area (Å²) in [6, 6.07) is 0.305. The number of nitrogens with one attached hydrogen (secondary N) is 1. The molecular weight excluding hydrogens is 202 g/mol. The second-order valence-corrected chi connectivity index (χ2v) is 5.44. The highest BCUT2D eigenvalue weighted by Gasteiger charge is 2.36. The summed E-state index contributed by atoms with van der Waals surface area (Å²) in [5.74, 6) is 0.0764. The van der Waals surface area contributed by atoms with E-state index >= 15 is 0 Å². The smallest absolute Gasteiger partial charge is 0.240 e. The molecule has 2 rings (SSSR count). The molecule has 0 bridgehead atoms. The first-order valence-corrected chi connectivity index (χ1v) is 6.38. The lowest BCUT2D eigenvalue weighted by Gasteiger charge is -2.32. The number of rotatable bonds is 2. The lowest BCUT2D eigenvalue weighted by Crippen LogP contribution is -2.57. The highest BCUT2D eigenvalue weighted by molar-refractivity contribution is 5.86. The van der Waals surface area contributed by atoms with Gasteiger partial charge in [-0.3, -0.25) is 4.79 Å². The number of hydrogen-bond acceptors (Lipinski definition) is 3. The van der Waals surface area contributed by atoms with Crippen molar-refractivity contribution in [2.24, 2.45) is 5.73 Å². The predicted octanol–water partition coefficient (Wildman–Crippen LogP) is 0.468. The molecule has 0 radical (unpaired) electrons. The van der Waals surface area contributed by atoms with Crippen LogP contribution in [0.15, 0.2) is 0 Å². The lowest BCUT2D eigenvalue weighted by atomic mass is 9.82. The van der Waals surface area contributed by atoms with Gasteiger partial charge in [-0.2, -0.15) is 0 Å². The van der Waals surface area contributed by atoms with Gasteiger partial charge in [-0.05, 0) is 32.9 Å². The van der Waals surface area contributed by atoms with Gasteiger partial charge in [-0.25, -0.2) is 0 Å². The van der Waals surface area contributed by atoms with Crippen LogP contribution in [0.25, 0.3) is 0 Å². The van der Waals surface area contributed by atoms with Crippen molar-refractivity contribution in [2.45, 2.75) is 50.1 Å². The Hall–Kier alpha value is -0.610. The number of amides is 1. The van der Waals surface area contributed by atoms with Crippen LogP contribution in [0.5, 0.6) is 0 Å². The van der Waals surface area contributed by atoms with Gasteiger partial charge in [0, 0.05) is 12.6 Å². The Kier molecular flexibility index (Phi) is 3.50. The minimum atomic E-state index is -0.584. The highest BCUT2D eigenvalue weighted by atomic mass is 16.2. The van der Waals surface area contributed by atoms with E-state index in [1.165, 1.54) is 6.42 Å². The lowest BCUT2D eigenvalue weighted by molar-refractivity contribution is -0.128. The molecule has 1 saturated carbocycles. The molecule has 92 valence electrons. The topological polar surface area (TPSA) is 58.4 Å². The Balaban J connectivity index is 1.86. The van der Waals surface area contributed by atoms with Crippen molar-refractivity contribution in [3.63, 3.8) is 0 Å². The zero-order valence-electron chi connectivity index (χ0n) is 10.2. The largest absolute Gasteiger partial charge is 0.350 e. The summed E-state index contributed by atoms with van der Waals surface area (Å²) >= 11 is 0.